The Bertz CT molecular complexity index is 423. The normalized spacial score (nSPS) is 21.6. The van der Waals surface area contributed by atoms with Crippen LogP contribution in [0.2, 0.25) is 0 Å². The molecule has 7 nitrogen and oxygen atoms in total. The molecule has 0 saturated carbocycles. The maximum Gasteiger partial charge on any atom is 0.266 e. The molecular formula is C10H14ClN3O4. The fraction of sp³-hybridized carbons (Fsp3) is 0.600. The summed E-state index contributed by atoms with van der Waals surface area (Å²) in [6.07, 6.45) is -1.01. The highest BCUT2D eigenvalue weighted by Gasteiger charge is 2.33. The van der Waals surface area contributed by atoms with Gasteiger partial charge in [0.05, 0.1) is 25.8 Å². The SMILES string of the molecule is CC1=NC2=C(CN1Cl)OCC(=O)N2CC(O)CO. The lowest BCUT2D eigenvalue weighted by atomic mass is 10.2. The maximum absolute atomic E-state index is 11.7. The molecule has 0 fully saturated rings. The number of aliphatic hydroxyl groups is 2. The summed E-state index contributed by atoms with van der Waals surface area (Å²) in [6.45, 7) is 1.46. The largest absolute Gasteiger partial charge is 0.482 e. The minimum Gasteiger partial charge on any atom is -0.482 e. The summed E-state index contributed by atoms with van der Waals surface area (Å²) in [6, 6.07) is 0. The van der Waals surface area contributed by atoms with Crippen molar-refractivity contribution >= 4 is 23.5 Å². The lowest BCUT2D eigenvalue weighted by molar-refractivity contribution is -0.137. The van der Waals surface area contributed by atoms with Gasteiger partial charge in [-0.05, 0) is 6.92 Å². The minimum absolute atomic E-state index is 0.0173. The van der Waals surface area contributed by atoms with Crippen LogP contribution < -0.4 is 0 Å². The molecule has 0 aromatic carbocycles. The lowest BCUT2D eigenvalue weighted by Gasteiger charge is -2.34. The highest BCUT2D eigenvalue weighted by Crippen LogP contribution is 2.25. The molecule has 2 N–H and O–H groups in total. The van der Waals surface area contributed by atoms with Gasteiger partial charge in [-0.15, -0.1) is 0 Å². The van der Waals surface area contributed by atoms with E-state index in [2.05, 4.69) is 4.99 Å². The summed E-state index contributed by atoms with van der Waals surface area (Å²) < 4.78 is 6.65. The summed E-state index contributed by atoms with van der Waals surface area (Å²) >= 11 is 5.90. The number of amides is 1. The molecule has 0 aromatic rings. The first-order valence-electron chi connectivity index (χ1n) is 5.46. The van der Waals surface area contributed by atoms with Crippen molar-refractivity contribution in [2.75, 3.05) is 26.3 Å². The van der Waals surface area contributed by atoms with Crippen LogP contribution in [-0.2, 0) is 9.53 Å². The summed E-state index contributed by atoms with van der Waals surface area (Å²) in [5, 5.41) is 18.3. The minimum atomic E-state index is -1.01. The van der Waals surface area contributed by atoms with Gasteiger partial charge in [0, 0.05) is 11.8 Å². The smallest absolute Gasteiger partial charge is 0.266 e. The zero-order valence-electron chi connectivity index (χ0n) is 9.84. The molecule has 0 bridgehead atoms. The van der Waals surface area contributed by atoms with Crippen molar-refractivity contribution in [2.24, 2.45) is 4.99 Å². The second kappa shape index (κ2) is 5.13. The van der Waals surface area contributed by atoms with Crippen LogP contribution in [0.3, 0.4) is 0 Å². The van der Waals surface area contributed by atoms with E-state index in [4.69, 9.17) is 21.6 Å². The Kier molecular flexibility index (Phi) is 3.74. The molecule has 1 atom stereocenters. The molecule has 2 aliphatic rings. The Labute approximate surface area is 109 Å². The number of nitrogens with zero attached hydrogens (tertiary/aromatic N) is 3. The first-order valence-corrected chi connectivity index (χ1v) is 5.80. The highest BCUT2D eigenvalue weighted by atomic mass is 35.5. The van der Waals surface area contributed by atoms with Crippen molar-refractivity contribution in [3.63, 3.8) is 0 Å². The number of aliphatic hydroxyl groups excluding tert-OH is 2. The predicted octanol–water partition coefficient (Wildman–Crippen LogP) is -0.745. The molecule has 100 valence electrons. The third-order valence-corrected chi connectivity index (χ3v) is 3.05. The van der Waals surface area contributed by atoms with Gasteiger partial charge >= 0.3 is 0 Å². The number of hydrogen-bond acceptors (Lipinski definition) is 6. The van der Waals surface area contributed by atoms with E-state index in [1.54, 1.807) is 6.92 Å². The number of carbonyl (C=O) groups excluding carboxylic acids is 1. The van der Waals surface area contributed by atoms with E-state index in [-0.39, 0.29) is 19.1 Å². The van der Waals surface area contributed by atoms with Crippen molar-refractivity contribution in [1.29, 1.82) is 0 Å². The number of carbonyl (C=O) groups is 1. The summed E-state index contributed by atoms with van der Waals surface area (Å²) in [7, 11) is 0. The van der Waals surface area contributed by atoms with Crippen LogP contribution in [0.25, 0.3) is 0 Å². The number of aliphatic imine (C=N–C) groups is 1. The molecule has 8 heteroatoms. The predicted molar refractivity (Wildman–Crippen MR) is 63.5 cm³/mol. The average molecular weight is 276 g/mol. The van der Waals surface area contributed by atoms with E-state index in [1.807, 2.05) is 0 Å². The van der Waals surface area contributed by atoms with Gasteiger partial charge in [-0.3, -0.25) is 14.1 Å². The topological polar surface area (TPSA) is 85.6 Å². The molecule has 2 heterocycles. The van der Waals surface area contributed by atoms with Crippen LogP contribution in [0.4, 0.5) is 0 Å². The van der Waals surface area contributed by atoms with Crippen LogP contribution >= 0.6 is 11.8 Å². The van der Waals surface area contributed by atoms with E-state index in [0.717, 1.165) is 0 Å². The number of rotatable bonds is 3. The van der Waals surface area contributed by atoms with Gasteiger partial charge in [-0.2, -0.15) is 0 Å². The molecule has 2 rings (SSSR count). The van der Waals surface area contributed by atoms with Crippen LogP contribution in [0.15, 0.2) is 16.6 Å². The molecule has 0 radical (unpaired) electrons. The Balaban J connectivity index is 2.27. The van der Waals surface area contributed by atoms with Gasteiger partial charge in [-0.1, -0.05) is 0 Å². The monoisotopic (exact) mass is 275 g/mol. The van der Waals surface area contributed by atoms with Gasteiger partial charge in [0.15, 0.2) is 18.2 Å². The summed E-state index contributed by atoms with van der Waals surface area (Å²) in [4.78, 5) is 17.2. The van der Waals surface area contributed by atoms with Crippen LogP contribution in [0, 0.1) is 0 Å². The second-order valence-electron chi connectivity index (χ2n) is 4.06. The molecule has 0 spiro atoms. The third kappa shape index (κ3) is 2.43. The van der Waals surface area contributed by atoms with Crippen LogP contribution in [0.5, 0.6) is 0 Å². The highest BCUT2D eigenvalue weighted by molar-refractivity contribution is 6.22. The molecule has 0 aliphatic carbocycles. The van der Waals surface area contributed by atoms with Gasteiger partial charge in [0.2, 0.25) is 0 Å². The summed E-state index contributed by atoms with van der Waals surface area (Å²) in [5.74, 6) is 1.08. The van der Waals surface area contributed by atoms with Crippen molar-refractivity contribution in [3.05, 3.63) is 11.6 Å². The van der Waals surface area contributed by atoms with E-state index in [1.165, 1.54) is 9.32 Å². The fourth-order valence-corrected chi connectivity index (χ4v) is 1.85. The van der Waals surface area contributed by atoms with E-state index < -0.39 is 12.7 Å². The first kappa shape index (κ1) is 13.1. The Morgan fingerprint density at radius 1 is 1.61 bits per heavy atom. The lowest BCUT2D eigenvalue weighted by Crippen LogP contribution is -2.46. The number of hydrogen-bond donors (Lipinski definition) is 2. The van der Waals surface area contributed by atoms with Crippen molar-refractivity contribution in [3.8, 4) is 0 Å². The Hall–Kier alpha value is -1.31. The van der Waals surface area contributed by atoms with E-state index in [0.29, 0.717) is 24.0 Å². The Morgan fingerprint density at radius 2 is 2.33 bits per heavy atom. The van der Waals surface area contributed by atoms with Crippen LogP contribution in [0.1, 0.15) is 6.92 Å². The molecule has 1 unspecified atom stereocenters. The average Bonchev–Trinajstić information content (AvgIpc) is 2.35. The Morgan fingerprint density at radius 3 is 3.00 bits per heavy atom. The van der Waals surface area contributed by atoms with E-state index in [9.17, 15) is 9.90 Å². The van der Waals surface area contributed by atoms with Crippen molar-refractivity contribution in [1.82, 2.24) is 9.32 Å². The number of amidine groups is 1. The zero-order valence-corrected chi connectivity index (χ0v) is 10.6. The first-order chi connectivity index (χ1) is 8.52. The fourth-order valence-electron chi connectivity index (χ4n) is 1.70. The van der Waals surface area contributed by atoms with Gasteiger partial charge in [0.1, 0.15) is 5.84 Å². The molecule has 0 aromatic heterocycles. The summed E-state index contributed by atoms with van der Waals surface area (Å²) in [5.41, 5.74) is 0. The van der Waals surface area contributed by atoms with Crippen molar-refractivity contribution in [2.45, 2.75) is 13.0 Å². The van der Waals surface area contributed by atoms with Gasteiger partial charge in [-0.25, -0.2) is 4.99 Å². The standard InChI is InChI=1S/C10H14ClN3O4/c1-6-12-10-8(3-14(6)11)18-5-9(17)13(10)2-7(16)4-15/h7,15-16H,2-5H2,1H3. The molecule has 2 aliphatic heterocycles. The zero-order chi connectivity index (χ0) is 13.3. The quantitative estimate of drug-likeness (QED) is 0.663. The third-order valence-electron chi connectivity index (χ3n) is 2.68. The van der Waals surface area contributed by atoms with Crippen molar-refractivity contribution < 1.29 is 19.7 Å². The molecular weight excluding hydrogens is 262 g/mol. The number of halogens is 1. The number of β-amino-alcohol motifs (C(OH)–C–C–N with tert-alkyl or cyclic N) is 1. The number of ether oxygens (including phenoxy) is 1. The van der Waals surface area contributed by atoms with Crippen LogP contribution in [-0.4, -0.2) is 63.7 Å². The second-order valence-corrected chi connectivity index (χ2v) is 4.46. The molecule has 18 heavy (non-hydrogen) atoms. The molecule has 0 saturated heterocycles. The van der Waals surface area contributed by atoms with Gasteiger partial charge < -0.3 is 14.9 Å². The van der Waals surface area contributed by atoms with Gasteiger partial charge in [0.25, 0.3) is 5.91 Å². The van der Waals surface area contributed by atoms with E-state index >= 15 is 0 Å². The molecule has 1 amide bonds. The maximum atomic E-state index is 11.7.